The first kappa shape index (κ1) is 13.5. The van der Waals surface area contributed by atoms with Crippen molar-refractivity contribution in [2.24, 2.45) is 0 Å². The average Bonchev–Trinajstić information content (AvgIpc) is 3.09. The lowest BCUT2D eigenvalue weighted by molar-refractivity contribution is 0.224. The van der Waals surface area contributed by atoms with Crippen molar-refractivity contribution in [2.75, 3.05) is 13.2 Å². The van der Waals surface area contributed by atoms with E-state index in [-0.39, 0.29) is 18.7 Å². The minimum Gasteiger partial charge on any atom is -0.395 e. The van der Waals surface area contributed by atoms with Gasteiger partial charge in [-0.25, -0.2) is 0 Å². The van der Waals surface area contributed by atoms with E-state index in [9.17, 15) is 5.11 Å². The van der Waals surface area contributed by atoms with Crippen molar-refractivity contribution in [2.45, 2.75) is 12.1 Å². The molecule has 20 heavy (non-hydrogen) atoms. The highest BCUT2D eigenvalue weighted by Gasteiger charge is 2.39. The lowest BCUT2D eigenvalue weighted by atomic mass is 10.0. The number of hydrogen-bond acceptors (Lipinski definition) is 4. The first-order valence-electron chi connectivity index (χ1n) is 6.43. The standard InChI is InChI=1S/C14H15N3OS2/c18-8-7-17-13(11-5-3-9-20-11)12(16-14(17)19)10-4-1-2-6-15-10/h1-6,9,12-13,18H,7-8H2,(H,16,19)/t12-,13-/m1/s1. The molecule has 1 saturated heterocycles. The minimum atomic E-state index is 0.0221. The fourth-order valence-electron chi connectivity index (χ4n) is 2.52. The second-order valence-electron chi connectivity index (χ2n) is 4.56. The zero-order valence-electron chi connectivity index (χ0n) is 10.8. The molecular formula is C14H15N3OS2. The van der Waals surface area contributed by atoms with Crippen molar-refractivity contribution in [3.63, 3.8) is 0 Å². The van der Waals surface area contributed by atoms with Gasteiger partial charge in [-0.2, -0.15) is 0 Å². The van der Waals surface area contributed by atoms with E-state index in [4.69, 9.17) is 12.2 Å². The molecule has 3 heterocycles. The monoisotopic (exact) mass is 305 g/mol. The topological polar surface area (TPSA) is 48.4 Å². The molecule has 4 nitrogen and oxygen atoms in total. The Hall–Kier alpha value is -1.50. The van der Waals surface area contributed by atoms with Crippen LogP contribution < -0.4 is 5.32 Å². The van der Waals surface area contributed by atoms with Gasteiger partial charge in [0.05, 0.1) is 24.4 Å². The number of nitrogens with zero attached hydrogens (tertiary/aromatic N) is 2. The summed E-state index contributed by atoms with van der Waals surface area (Å²) in [6, 6.07) is 10.1. The zero-order valence-corrected chi connectivity index (χ0v) is 12.4. The first-order valence-corrected chi connectivity index (χ1v) is 7.72. The van der Waals surface area contributed by atoms with E-state index in [2.05, 4.69) is 21.7 Å². The molecule has 1 fully saturated rings. The predicted octanol–water partition coefficient (Wildman–Crippen LogP) is 2.11. The quantitative estimate of drug-likeness (QED) is 0.847. The van der Waals surface area contributed by atoms with Gasteiger partial charge in [0, 0.05) is 17.6 Å². The summed E-state index contributed by atoms with van der Waals surface area (Å²) < 4.78 is 0. The van der Waals surface area contributed by atoms with Crippen molar-refractivity contribution >= 4 is 28.7 Å². The highest BCUT2D eigenvalue weighted by molar-refractivity contribution is 7.80. The van der Waals surface area contributed by atoms with E-state index >= 15 is 0 Å². The Bertz CT molecular complexity index is 573. The molecule has 0 spiro atoms. The van der Waals surface area contributed by atoms with Gasteiger partial charge in [-0.15, -0.1) is 11.3 Å². The van der Waals surface area contributed by atoms with E-state index in [1.807, 2.05) is 29.2 Å². The normalized spacial score (nSPS) is 22.1. The van der Waals surface area contributed by atoms with Crippen LogP contribution in [0.5, 0.6) is 0 Å². The van der Waals surface area contributed by atoms with Crippen molar-refractivity contribution in [1.82, 2.24) is 15.2 Å². The number of β-amino-alcohol motifs (C(OH)–C–C–N with tert-alkyl or cyclic N) is 1. The van der Waals surface area contributed by atoms with Crippen molar-refractivity contribution < 1.29 is 5.11 Å². The molecule has 104 valence electrons. The van der Waals surface area contributed by atoms with Crippen LogP contribution in [-0.2, 0) is 0 Å². The fraction of sp³-hybridized carbons (Fsp3) is 0.286. The number of aromatic nitrogens is 1. The maximum absolute atomic E-state index is 9.28. The van der Waals surface area contributed by atoms with Crippen LogP contribution in [0, 0.1) is 0 Å². The SMILES string of the molecule is OCCN1C(=S)N[C@H](c2ccccn2)[C@H]1c1cccs1. The summed E-state index contributed by atoms with van der Waals surface area (Å²) in [5, 5.41) is 15.3. The lowest BCUT2D eigenvalue weighted by Gasteiger charge is -2.25. The van der Waals surface area contributed by atoms with Crippen LogP contribution in [0.3, 0.4) is 0 Å². The number of hydrogen-bond donors (Lipinski definition) is 2. The van der Waals surface area contributed by atoms with Gasteiger partial charge in [-0.05, 0) is 35.8 Å². The molecule has 0 saturated carbocycles. The van der Waals surface area contributed by atoms with Gasteiger partial charge in [-0.3, -0.25) is 4.98 Å². The summed E-state index contributed by atoms with van der Waals surface area (Å²) in [4.78, 5) is 7.71. The van der Waals surface area contributed by atoms with Crippen LogP contribution in [0.15, 0.2) is 41.9 Å². The van der Waals surface area contributed by atoms with Gasteiger partial charge in [0.1, 0.15) is 0 Å². The van der Waals surface area contributed by atoms with Crippen molar-refractivity contribution in [1.29, 1.82) is 0 Å². The molecule has 3 rings (SSSR count). The van der Waals surface area contributed by atoms with Gasteiger partial charge in [0.25, 0.3) is 0 Å². The minimum absolute atomic E-state index is 0.0221. The molecule has 2 aromatic rings. The van der Waals surface area contributed by atoms with Gasteiger partial charge in [0.2, 0.25) is 0 Å². The lowest BCUT2D eigenvalue weighted by Crippen LogP contribution is -2.31. The van der Waals surface area contributed by atoms with E-state index in [0.29, 0.717) is 11.7 Å². The van der Waals surface area contributed by atoms with Crippen molar-refractivity contribution in [3.05, 3.63) is 52.5 Å². The zero-order chi connectivity index (χ0) is 13.9. The first-order chi connectivity index (χ1) is 9.81. The number of thiocarbonyl (C=S) groups is 1. The molecule has 2 atom stereocenters. The number of aliphatic hydroxyl groups excluding tert-OH is 1. The Kier molecular flexibility index (Phi) is 3.95. The third-order valence-corrected chi connectivity index (χ3v) is 4.67. The van der Waals surface area contributed by atoms with Crippen LogP contribution in [0.2, 0.25) is 0 Å². The molecule has 0 amide bonds. The second kappa shape index (κ2) is 5.87. The van der Waals surface area contributed by atoms with Gasteiger partial charge < -0.3 is 15.3 Å². The van der Waals surface area contributed by atoms with Gasteiger partial charge in [0.15, 0.2) is 5.11 Å². The molecule has 0 bridgehead atoms. The van der Waals surface area contributed by atoms with Gasteiger partial charge >= 0.3 is 0 Å². The van der Waals surface area contributed by atoms with E-state index in [1.165, 1.54) is 4.88 Å². The number of rotatable bonds is 4. The highest BCUT2D eigenvalue weighted by Crippen LogP contribution is 2.39. The largest absolute Gasteiger partial charge is 0.395 e. The molecular weight excluding hydrogens is 290 g/mol. The fourth-order valence-corrected chi connectivity index (χ4v) is 3.73. The molecule has 1 aliphatic rings. The summed E-state index contributed by atoms with van der Waals surface area (Å²) in [6.45, 7) is 0.608. The van der Waals surface area contributed by atoms with Crippen LogP contribution in [0.4, 0.5) is 0 Å². The third kappa shape index (κ3) is 2.42. The van der Waals surface area contributed by atoms with Crippen LogP contribution in [-0.4, -0.2) is 33.3 Å². The Morgan fingerprint density at radius 3 is 2.90 bits per heavy atom. The van der Waals surface area contributed by atoms with Crippen LogP contribution in [0.1, 0.15) is 22.7 Å². The Balaban J connectivity index is 1.99. The summed E-state index contributed by atoms with van der Waals surface area (Å²) in [6.07, 6.45) is 1.79. The predicted molar refractivity (Wildman–Crippen MR) is 83.6 cm³/mol. The smallest absolute Gasteiger partial charge is 0.170 e. The Labute approximate surface area is 127 Å². The molecule has 0 radical (unpaired) electrons. The second-order valence-corrected chi connectivity index (χ2v) is 5.92. The number of pyridine rings is 1. The molecule has 0 aliphatic carbocycles. The molecule has 0 unspecified atom stereocenters. The molecule has 2 N–H and O–H groups in total. The summed E-state index contributed by atoms with van der Waals surface area (Å²) in [7, 11) is 0. The van der Waals surface area contributed by atoms with Gasteiger partial charge in [-0.1, -0.05) is 12.1 Å². The molecule has 0 aromatic carbocycles. The molecule has 2 aromatic heterocycles. The summed E-state index contributed by atoms with van der Waals surface area (Å²) >= 11 is 7.11. The number of aliphatic hydroxyl groups is 1. The summed E-state index contributed by atoms with van der Waals surface area (Å²) in [5.41, 5.74) is 0.966. The third-order valence-electron chi connectivity index (χ3n) is 3.37. The van der Waals surface area contributed by atoms with E-state index < -0.39 is 0 Å². The average molecular weight is 305 g/mol. The van der Waals surface area contributed by atoms with Crippen molar-refractivity contribution in [3.8, 4) is 0 Å². The maximum Gasteiger partial charge on any atom is 0.170 e. The van der Waals surface area contributed by atoms with Crippen LogP contribution in [0.25, 0.3) is 0 Å². The maximum atomic E-state index is 9.28. The number of thiophene rings is 1. The molecule has 1 aliphatic heterocycles. The Morgan fingerprint density at radius 1 is 1.35 bits per heavy atom. The van der Waals surface area contributed by atoms with E-state index in [1.54, 1.807) is 17.5 Å². The number of nitrogens with one attached hydrogen (secondary N) is 1. The highest BCUT2D eigenvalue weighted by atomic mass is 32.1. The summed E-state index contributed by atoms with van der Waals surface area (Å²) in [5.74, 6) is 0. The Morgan fingerprint density at radius 2 is 2.25 bits per heavy atom. The molecule has 6 heteroatoms. The van der Waals surface area contributed by atoms with E-state index in [0.717, 1.165) is 5.69 Å². The van der Waals surface area contributed by atoms with Crippen LogP contribution >= 0.6 is 23.6 Å².